The van der Waals surface area contributed by atoms with Crippen molar-refractivity contribution in [2.24, 2.45) is 0 Å². The van der Waals surface area contributed by atoms with Crippen LogP contribution in [0.4, 0.5) is 0 Å². The molecule has 4 atom stereocenters. The van der Waals surface area contributed by atoms with Crippen LogP contribution >= 0.6 is 0 Å². The summed E-state index contributed by atoms with van der Waals surface area (Å²) in [7, 11) is 0. The van der Waals surface area contributed by atoms with E-state index in [4.69, 9.17) is 18.9 Å². The van der Waals surface area contributed by atoms with Crippen molar-refractivity contribution in [1.82, 2.24) is 0 Å². The topological polar surface area (TPSA) is 36.9 Å². The maximum Gasteiger partial charge on any atom is 0.184 e. The quantitative estimate of drug-likeness (QED) is 0.836. The van der Waals surface area contributed by atoms with Crippen LogP contribution in [-0.4, -0.2) is 24.4 Å². The Morgan fingerprint density at radius 1 is 0.542 bits per heavy atom. The fourth-order valence-corrected chi connectivity index (χ4v) is 3.34. The Bertz CT molecular complexity index is 640. The Morgan fingerprint density at radius 3 is 1.33 bits per heavy atom. The van der Waals surface area contributed by atoms with Crippen molar-refractivity contribution in [3.8, 4) is 0 Å². The molecule has 2 fully saturated rings. The van der Waals surface area contributed by atoms with Gasteiger partial charge >= 0.3 is 0 Å². The zero-order valence-corrected chi connectivity index (χ0v) is 13.9. The van der Waals surface area contributed by atoms with Crippen LogP contribution in [-0.2, 0) is 18.9 Å². The summed E-state index contributed by atoms with van der Waals surface area (Å²) in [6, 6.07) is 20.0. The average molecular weight is 326 g/mol. The van der Waals surface area contributed by atoms with Crippen molar-refractivity contribution >= 4 is 0 Å². The number of benzene rings is 2. The zero-order valence-electron chi connectivity index (χ0n) is 13.9. The molecule has 4 nitrogen and oxygen atoms in total. The molecule has 0 aromatic heterocycles. The van der Waals surface area contributed by atoms with Crippen LogP contribution in [0, 0.1) is 0 Å². The van der Waals surface area contributed by atoms with Gasteiger partial charge in [0.25, 0.3) is 0 Å². The van der Waals surface area contributed by atoms with E-state index in [1.54, 1.807) is 0 Å². The molecular formula is C20H22O4. The van der Waals surface area contributed by atoms with Gasteiger partial charge in [-0.3, -0.25) is 0 Å². The van der Waals surface area contributed by atoms with E-state index >= 15 is 0 Å². The second-order valence-electron chi connectivity index (χ2n) is 6.37. The molecule has 4 unspecified atom stereocenters. The van der Waals surface area contributed by atoms with E-state index < -0.39 is 6.29 Å². The van der Waals surface area contributed by atoms with Gasteiger partial charge in [0.2, 0.25) is 0 Å². The molecule has 126 valence electrons. The molecular weight excluding hydrogens is 304 g/mol. The third-order valence-electron chi connectivity index (χ3n) is 4.63. The van der Waals surface area contributed by atoms with Crippen LogP contribution in [0.15, 0.2) is 60.7 Å². The second kappa shape index (κ2) is 6.65. The predicted octanol–water partition coefficient (Wildman–Crippen LogP) is 3.99. The van der Waals surface area contributed by atoms with E-state index in [0.29, 0.717) is 0 Å². The van der Waals surface area contributed by atoms with E-state index in [-0.39, 0.29) is 30.7 Å². The lowest BCUT2D eigenvalue weighted by Gasteiger charge is -2.23. The average Bonchev–Trinajstić information content (AvgIpc) is 3.04. The van der Waals surface area contributed by atoms with Crippen LogP contribution < -0.4 is 0 Å². The van der Waals surface area contributed by atoms with Gasteiger partial charge in [-0.05, 0) is 13.8 Å². The summed E-state index contributed by atoms with van der Waals surface area (Å²) in [5.41, 5.74) is 2.03. The lowest BCUT2D eigenvalue weighted by atomic mass is 10.1. The van der Waals surface area contributed by atoms with Crippen molar-refractivity contribution < 1.29 is 18.9 Å². The molecule has 24 heavy (non-hydrogen) atoms. The molecule has 2 aromatic rings. The van der Waals surface area contributed by atoms with Gasteiger partial charge in [-0.1, -0.05) is 60.7 Å². The van der Waals surface area contributed by atoms with E-state index in [9.17, 15) is 0 Å². The van der Waals surface area contributed by atoms with Gasteiger partial charge < -0.3 is 18.9 Å². The molecule has 2 heterocycles. The fourth-order valence-electron chi connectivity index (χ4n) is 3.34. The molecule has 2 aromatic carbocycles. The lowest BCUT2D eigenvalue weighted by molar-refractivity contribution is -0.207. The minimum Gasteiger partial charge on any atom is -0.343 e. The number of fused-ring (bicyclic) bond motifs is 1. The van der Waals surface area contributed by atoms with Crippen LogP contribution in [0.5, 0.6) is 0 Å². The van der Waals surface area contributed by atoms with E-state index in [0.717, 1.165) is 11.1 Å². The van der Waals surface area contributed by atoms with Gasteiger partial charge in [0.05, 0.1) is 12.2 Å². The summed E-state index contributed by atoms with van der Waals surface area (Å²) < 4.78 is 24.6. The second-order valence-corrected chi connectivity index (χ2v) is 6.37. The molecule has 4 rings (SSSR count). The van der Waals surface area contributed by atoms with Gasteiger partial charge in [-0.15, -0.1) is 0 Å². The number of rotatable bonds is 2. The molecule has 0 aliphatic carbocycles. The highest BCUT2D eigenvalue weighted by Crippen LogP contribution is 2.40. The molecule has 0 saturated carbocycles. The lowest BCUT2D eigenvalue weighted by Crippen LogP contribution is -2.38. The minimum atomic E-state index is -0.399. The number of hydrogen-bond acceptors (Lipinski definition) is 4. The first kappa shape index (κ1) is 15.8. The first-order valence-corrected chi connectivity index (χ1v) is 8.44. The smallest absolute Gasteiger partial charge is 0.184 e. The SMILES string of the molecule is CC1OC(c2ccccc2)OC(C)C2OC(c3ccccc3)OC12. The number of ether oxygens (including phenoxy) is 4. The molecule has 0 bridgehead atoms. The van der Waals surface area contributed by atoms with E-state index in [1.165, 1.54) is 0 Å². The van der Waals surface area contributed by atoms with Crippen LogP contribution in [0.3, 0.4) is 0 Å². The van der Waals surface area contributed by atoms with Crippen molar-refractivity contribution in [2.45, 2.75) is 50.8 Å². The standard InChI is InChI=1S/C20H22O4/c1-13-17-18(24-20(23-17)16-11-7-4-8-12-16)14(2)22-19(21-13)15-9-5-3-6-10-15/h3-14,17-20H,1-2H3. The van der Waals surface area contributed by atoms with Gasteiger partial charge in [0.15, 0.2) is 12.6 Å². The largest absolute Gasteiger partial charge is 0.343 e. The molecule has 0 N–H and O–H groups in total. The Hall–Kier alpha value is -1.72. The van der Waals surface area contributed by atoms with Gasteiger partial charge in [-0.2, -0.15) is 0 Å². The Balaban J connectivity index is 1.54. The molecule has 2 aliphatic heterocycles. The molecule has 2 saturated heterocycles. The Morgan fingerprint density at radius 2 is 0.917 bits per heavy atom. The zero-order chi connectivity index (χ0) is 16.5. The normalized spacial score (nSPS) is 36.1. The first-order chi connectivity index (χ1) is 11.7. The van der Waals surface area contributed by atoms with Crippen LogP contribution in [0.1, 0.15) is 37.6 Å². The first-order valence-electron chi connectivity index (χ1n) is 8.44. The Labute approximate surface area is 142 Å². The number of hydrogen-bond donors (Lipinski definition) is 0. The maximum atomic E-state index is 6.17. The maximum absolute atomic E-state index is 6.17. The van der Waals surface area contributed by atoms with Crippen LogP contribution in [0.25, 0.3) is 0 Å². The summed E-state index contributed by atoms with van der Waals surface area (Å²) in [4.78, 5) is 0. The summed E-state index contributed by atoms with van der Waals surface area (Å²) >= 11 is 0. The van der Waals surface area contributed by atoms with Crippen molar-refractivity contribution in [2.75, 3.05) is 0 Å². The third-order valence-corrected chi connectivity index (χ3v) is 4.63. The molecule has 2 aliphatic rings. The molecule has 4 heteroatoms. The van der Waals surface area contributed by atoms with Crippen molar-refractivity contribution in [3.05, 3.63) is 71.8 Å². The van der Waals surface area contributed by atoms with Crippen molar-refractivity contribution in [3.63, 3.8) is 0 Å². The molecule has 0 radical (unpaired) electrons. The molecule has 0 amide bonds. The monoisotopic (exact) mass is 326 g/mol. The summed E-state index contributed by atoms with van der Waals surface area (Å²) in [5, 5.41) is 0. The highest BCUT2D eigenvalue weighted by Gasteiger charge is 2.47. The highest BCUT2D eigenvalue weighted by molar-refractivity contribution is 5.18. The third kappa shape index (κ3) is 2.98. The fraction of sp³-hybridized carbons (Fsp3) is 0.400. The van der Waals surface area contributed by atoms with E-state index in [2.05, 4.69) is 0 Å². The summed E-state index contributed by atoms with van der Waals surface area (Å²) in [6.07, 6.45) is -1.33. The van der Waals surface area contributed by atoms with Gasteiger partial charge in [0, 0.05) is 11.1 Å². The minimum absolute atomic E-state index is 0.126. The van der Waals surface area contributed by atoms with Gasteiger partial charge in [0.1, 0.15) is 12.2 Å². The van der Waals surface area contributed by atoms with Crippen LogP contribution in [0.2, 0.25) is 0 Å². The summed E-state index contributed by atoms with van der Waals surface area (Å²) in [6.45, 7) is 4.04. The van der Waals surface area contributed by atoms with Crippen molar-refractivity contribution in [1.29, 1.82) is 0 Å². The highest BCUT2D eigenvalue weighted by atomic mass is 16.8. The Kier molecular flexibility index (Phi) is 4.37. The molecule has 0 spiro atoms. The van der Waals surface area contributed by atoms with E-state index in [1.807, 2.05) is 74.5 Å². The predicted molar refractivity (Wildman–Crippen MR) is 89.2 cm³/mol. The van der Waals surface area contributed by atoms with Gasteiger partial charge in [-0.25, -0.2) is 0 Å². The summed E-state index contributed by atoms with van der Waals surface area (Å²) in [5.74, 6) is 0.